The van der Waals surface area contributed by atoms with Gasteiger partial charge >= 0.3 is 5.97 Å². The van der Waals surface area contributed by atoms with Gasteiger partial charge < -0.3 is 10.4 Å². The minimum Gasteiger partial charge on any atom is -0.480 e. The average Bonchev–Trinajstić information content (AvgIpc) is 2.61. The second-order valence-electron chi connectivity index (χ2n) is 5.94. The van der Waals surface area contributed by atoms with Gasteiger partial charge in [0, 0.05) is 11.3 Å². The van der Waals surface area contributed by atoms with Crippen molar-refractivity contribution < 1.29 is 14.7 Å². The lowest BCUT2D eigenvalue weighted by Crippen LogP contribution is -2.45. The second-order valence-corrected chi connectivity index (χ2v) is 5.94. The Morgan fingerprint density at radius 2 is 1.72 bits per heavy atom. The topological polar surface area (TPSA) is 69.6 Å². The molecule has 1 amide bonds. The van der Waals surface area contributed by atoms with E-state index in [1.165, 1.54) is 0 Å². The standard InChI is InChI=1S/C20H24N2O3/c1-3-13-22(14-19(23)24)15(2)20(25)21-18-12-8-7-11-17(18)16-9-5-4-6-10-16/h4-12,15H,3,13-14H2,1-2H3,(H,21,25)(H,23,24). The van der Waals surface area contributed by atoms with E-state index in [1.54, 1.807) is 11.8 Å². The van der Waals surface area contributed by atoms with Crippen LogP contribution in [0.4, 0.5) is 5.69 Å². The molecule has 0 radical (unpaired) electrons. The van der Waals surface area contributed by atoms with Crippen LogP contribution >= 0.6 is 0 Å². The molecule has 1 unspecified atom stereocenters. The summed E-state index contributed by atoms with van der Waals surface area (Å²) in [6.07, 6.45) is 0.783. The lowest BCUT2D eigenvalue weighted by atomic mass is 10.0. The van der Waals surface area contributed by atoms with E-state index in [2.05, 4.69) is 5.32 Å². The molecule has 2 aromatic rings. The Hall–Kier alpha value is -2.66. The first kappa shape index (κ1) is 18.7. The SMILES string of the molecule is CCCN(CC(=O)O)C(C)C(=O)Nc1ccccc1-c1ccccc1. The van der Waals surface area contributed by atoms with Crippen molar-refractivity contribution >= 4 is 17.6 Å². The van der Waals surface area contributed by atoms with Gasteiger partial charge in [0.1, 0.15) is 0 Å². The normalized spacial score (nSPS) is 12.0. The van der Waals surface area contributed by atoms with Crippen molar-refractivity contribution in [1.82, 2.24) is 4.90 Å². The fourth-order valence-electron chi connectivity index (χ4n) is 2.74. The summed E-state index contributed by atoms with van der Waals surface area (Å²) in [6.45, 7) is 4.10. The van der Waals surface area contributed by atoms with Crippen LogP contribution in [-0.2, 0) is 9.59 Å². The van der Waals surface area contributed by atoms with E-state index in [0.717, 1.165) is 23.2 Å². The summed E-state index contributed by atoms with van der Waals surface area (Å²) in [7, 11) is 0. The number of anilines is 1. The zero-order chi connectivity index (χ0) is 18.2. The molecule has 0 saturated heterocycles. The molecule has 2 rings (SSSR count). The predicted molar refractivity (Wildman–Crippen MR) is 99.5 cm³/mol. The van der Waals surface area contributed by atoms with Crippen LogP contribution in [0.1, 0.15) is 20.3 Å². The Morgan fingerprint density at radius 1 is 1.08 bits per heavy atom. The maximum Gasteiger partial charge on any atom is 0.317 e. The van der Waals surface area contributed by atoms with Gasteiger partial charge in [0.15, 0.2) is 0 Å². The number of rotatable bonds is 8. The molecule has 5 heteroatoms. The fraction of sp³-hybridized carbons (Fsp3) is 0.300. The molecule has 2 aromatic carbocycles. The quantitative estimate of drug-likeness (QED) is 0.772. The third-order valence-corrected chi connectivity index (χ3v) is 4.05. The summed E-state index contributed by atoms with van der Waals surface area (Å²) in [5.74, 6) is -1.14. The average molecular weight is 340 g/mol. The molecular formula is C20H24N2O3. The number of para-hydroxylation sites is 1. The van der Waals surface area contributed by atoms with Crippen LogP contribution in [0.2, 0.25) is 0 Å². The van der Waals surface area contributed by atoms with Crippen LogP contribution in [0.15, 0.2) is 54.6 Å². The lowest BCUT2D eigenvalue weighted by molar-refractivity contribution is -0.139. The number of amides is 1. The Morgan fingerprint density at radius 3 is 2.36 bits per heavy atom. The zero-order valence-electron chi connectivity index (χ0n) is 14.6. The molecule has 0 aliphatic heterocycles. The molecule has 0 aliphatic carbocycles. The molecule has 0 saturated carbocycles. The van der Waals surface area contributed by atoms with Crippen molar-refractivity contribution in [2.24, 2.45) is 0 Å². The Bertz CT molecular complexity index is 716. The van der Waals surface area contributed by atoms with Gasteiger partial charge in [-0.1, -0.05) is 55.5 Å². The highest BCUT2D eigenvalue weighted by Gasteiger charge is 2.23. The van der Waals surface area contributed by atoms with Crippen molar-refractivity contribution in [2.75, 3.05) is 18.4 Å². The van der Waals surface area contributed by atoms with Crippen LogP contribution in [0.25, 0.3) is 11.1 Å². The van der Waals surface area contributed by atoms with Gasteiger partial charge in [-0.15, -0.1) is 0 Å². The van der Waals surface area contributed by atoms with E-state index >= 15 is 0 Å². The summed E-state index contributed by atoms with van der Waals surface area (Å²) in [5, 5.41) is 12.0. The molecule has 2 N–H and O–H groups in total. The van der Waals surface area contributed by atoms with Gasteiger partial charge in [0.2, 0.25) is 5.91 Å². The van der Waals surface area contributed by atoms with E-state index < -0.39 is 12.0 Å². The minimum absolute atomic E-state index is 0.150. The number of carbonyl (C=O) groups is 2. The van der Waals surface area contributed by atoms with E-state index in [1.807, 2.05) is 61.5 Å². The summed E-state index contributed by atoms with van der Waals surface area (Å²) in [4.78, 5) is 25.4. The largest absolute Gasteiger partial charge is 0.480 e. The fourth-order valence-corrected chi connectivity index (χ4v) is 2.74. The number of benzene rings is 2. The second kappa shape index (κ2) is 8.99. The number of carboxylic acid groups (broad SMARTS) is 1. The summed E-state index contributed by atoms with van der Waals surface area (Å²) < 4.78 is 0. The molecule has 1 atom stereocenters. The first-order valence-electron chi connectivity index (χ1n) is 8.44. The van der Waals surface area contributed by atoms with Crippen molar-refractivity contribution in [2.45, 2.75) is 26.3 Å². The summed E-state index contributed by atoms with van der Waals surface area (Å²) in [5.41, 5.74) is 2.67. The lowest BCUT2D eigenvalue weighted by Gasteiger charge is -2.26. The number of carbonyl (C=O) groups excluding carboxylic acids is 1. The van der Waals surface area contributed by atoms with E-state index in [9.17, 15) is 9.59 Å². The molecule has 0 aromatic heterocycles. The van der Waals surface area contributed by atoms with Crippen molar-refractivity contribution in [3.8, 4) is 11.1 Å². The monoisotopic (exact) mass is 340 g/mol. The molecule has 25 heavy (non-hydrogen) atoms. The van der Waals surface area contributed by atoms with Gasteiger partial charge in [-0.05, 0) is 31.5 Å². The number of hydrogen-bond acceptors (Lipinski definition) is 3. The van der Waals surface area contributed by atoms with Crippen LogP contribution in [0.5, 0.6) is 0 Å². The van der Waals surface area contributed by atoms with E-state index in [-0.39, 0.29) is 12.5 Å². The number of carboxylic acids is 1. The highest BCUT2D eigenvalue weighted by Crippen LogP contribution is 2.27. The molecule has 5 nitrogen and oxygen atoms in total. The molecule has 0 spiro atoms. The molecule has 0 fully saturated rings. The van der Waals surface area contributed by atoms with Crippen LogP contribution in [-0.4, -0.2) is 41.0 Å². The van der Waals surface area contributed by atoms with Gasteiger partial charge in [-0.3, -0.25) is 14.5 Å². The van der Waals surface area contributed by atoms with E-state index in [4.69, 9.17) is 5.11 Å². The Balaban J connectivity index is 2.19. The summed E-state index contributed by atoms with van der Waals surface area (Å²) in [6, 6.07) is 16.9. The number of aliphatic carboxylic acids is 1. The maximum atomic E-state index is 12.6. The smallest absolute Gasteiger partial charge is 0.317 e. The van der Waals surface area contributed by atoms with Crippen LogP contribution in [0, 0.1) is 0 Å². The van der Waals surface area contributed by atoms with Crippen LogP contribution in [0.3, 0.4) is 0 Å². The van der Waals surface area contributed by atoms with Gasteiger partial charge in [-0.25, -0.2) is 0 Å². The molecule has 132 valence electrons. The predicted octanol–water partition coefficient (Wildman–Crippen LogP) is 3.48. The third-order valence-electron chi connectivity index (χ3n) is 4.05. The van der Waals surface area contributed by atoms with Crippen LogP contribution < -0.4 is 5.32 Å². The molecule has 0 aliphatic rings. The highest BCUT2D eigenvalue weighted by molar-refractivity contribution is 5.98. The highest BCUT2D eigenvalue weighted by atomic mass is 16.4. The molecule has 0 bridgehead atoms. The van der Waals surface area contributed by atoms with E-state index in [0.29, 0.717) is 6.54 Å². The van der Waals surface area contributed by atoms with Crippen molar-refractivity contribution in [3.05, 3.63) is 54.6 Å². The first-order valence-corrected chi connectivity index (χ1v) is 8.44. The van der Waals surface area contributed by atoms with Gasteiger partial charge in [-0.2, -0.15) is 0 Å². The van der Waals surface area contributed by atoms with Gasteiger partial charge in [0.25, 0.3) is 0 Å². The van der Waals surface area contributed by atoms with Crippen molar-refractivity contribution in [1.29, 1.82) is 0 Å². The number of nitrogens with zero attached hydrogens (tertiary/aromatic N) is 1. The minimum atomic E-state index is -0.933. The molecule has 0 heterocycles. The Labute approximate surface area is 148 Å². The maximum absolute atomic E-state index is 12.6. The van der Waals surface area contributed by atoms with Gasteiger partial charge in [0.05, 0.1) is 12.6 Å². The Kier molecular flexibility index (Phi) is 6.71. The first-order chi connectivity index (χ1) is 12.0. The third kappa shape index (κ3) is 5.16. The molecular weight excluding hydrogens is 316 g/mol. The zero-order valence-corrected chi connectivity index (χ0v) is 14.6. The summed E-state index contributed by atoms with van der Waals surface area (Å²) >= 11 is 0. The van der Waals surface area contributed by atoms with Crippen molar-refractivity contribution in [3.63, 3.8) is 0 Å². The number of hydrogen-bond donors (Lipinski definition) is 2. The number of nitrogens with one attached hydrogen (secondary N) is 1.